The van der Waals surface area contributed by atoms with E-state index in [2.05, 4.69) is 10.6 Å². The van der Waals surface area contributed by atoms with Gasteiger partial charge in [-0.05, 0) is 31.2 Å². The van der Waals surface area contributed by atoms with Gasteiger partial charge >= 0.3 is 0 Å². The van der Waals surface area contributed by atoms with Crippen LogP contribution in [0, 0.1) is 0 Å². The molecular formula is C19H22ClN3O3. The molecule has 0 spiro atoms. The highest BCUT2D eigenvalue weighted by Gasteiger charge is 2.14. The van der Waals surface area contributed by atoms with Crippen LogP contribution in [0.15, 0.2) is 48.5 Å². The van der Waals surface area contributed by atoms with Gasteiger partial charge < -0.3 is 20.3 Å². The summed E-state index contributed by atoms with van der Waals surface area (Å²) in [5.74, 6) is 0.149. The SMILES string of the molecule is CCOc1ccccc1NCC(=O)N(C)CC(=O)Nc1ccccc1Cl. The van der Waals surface area contributed by atoms with Crippen molar-refractivity contribution >= 4 is 34.8 Å². The van der Waals surface area contributed by atoms with Crippen molar-refractivity contribution in [3.05, 3.63) is 53.6 Å². The zero-order chi connectivity index (χ0) is 18.9. The molecule has 0 saturated heterocycles. The maximum Gasteiger partial charge on any atom is 0.244 e. The van der Waals surface area contributed by atoms with Crippen molar-refractivity contribution in [2.75, 3.05) is 37.4 Å². The van der Waals surface area contributed by atoms with E-state index in [0.29, 0.717) is 23.1 Å². The van der Waals surface area contributed by atoms with Gasteiger partial charge in [-0.1, -0.05) is 35.9 Å². The predicted octanol–water partition coefficient (Wildman–Crippen LogP) is 3.25. The van der Waals surface area contributed by atoms with Crippen LogP contribution in [0.3, 0.4) is 0 Å². The van der Waals surface area contributed by atoms with E-state index in [1.807, 2.05) is 31.2 Å². The lowest BCUT2D eigenvalue weighted by molar-refractivity contribution is -0.131. The molecule has 0 heterocycles. The summed E-state index contributed by atoms with van der Waals surface area (Å²) in [6, 6.07) is 14.3. The quantitative estimate of drug-likeness (QED) is 0.743. The molecule has 0 aliphatic carbocycles. The molecule has 2 N–H and O–H groups in total. The van der Waals surface area contributed by atoms with Crippen LogP contribution in [0.5, 0.6) is 5.75 Å². The summed E-state index contributed by atoms with van der Waals surface area (Å²) >= 11 is 6.01. The first kappa shape index (κ1) is 19.6. The van der Waals surface area contributed by atoms with Crippen LogP contribution in [0.1, 0.15) is 6.92 Å². The third-order valence-electron chi connectivity index (χ3n) is 3.57. The number of hydrogen-bond donors (Lipinski definition) is 2. The third kappa shape index (κ3) is 5.67. The van der Waals surface area contributed by atoms with E-state index in [4.69, 9.17) is 16.3 Å². The number of para-hydroxylation sites is 3. The Balaban J connectivity index is 1.86. The first-order valence-corrected chi connectivity index (χ1v) is 8.63. The van der Waals surface area contributed by atoms with Crippen molar-refractivity contribution in [2.24, 2.45) is 0 Å². The third-order valence-corrected chi connectivity index (χ3v) is 3.90. The summed E-state index contributed by atoms with van der Waals surface area (Å²) in [6.45, 7) is 2.42. The topological polar surface area (TPSA) is 70.7 Å². The van der Waals surface area contributed by atoms with Crippen LogP contribution < -0.4 is 15.4 Å². The number of rotatable bonds is 8. The second kappa shape index (κ2) is 9.68. The summed E-state index contributed by atoms with van der Waals surface area (Å²) in [5, 5.41) is 6.18. The van der Waals surface area contributed by atoms with Gasteiger partial charge in [0.05, 0.1) is 36.1 Å². The summed E-state index contributed by atoms with van der Waals surface area (Å²) in [4.78, 5) is 25.7. The van der Waals surface area contributed by atoms with E-state index < -0.39 is 0 Å². The lowest BCUT2D eigenvalue weighted by atomic mass is 10.3. The summed E-state index contributed by atoms with van der Waals surface area (Å²) in [5.41, 5.74) is 1.25. The molecule has 2 aromatic rings. The molecule has 2 rings (SSSR count). The van der Waals surface area contributed by atoms with Crippen molar-refractivity contribution in [1.82, 2.24) is 4.90 Å². The van der Waals surface area contributed by atoms with E-state index in [-0.39, 0.29) is 24.9 Å². The fourth-order valence-corrected chi connectivity index (χ4v) is 2.44. The number of benzene rings is 2. The largest absolute Gasteiger partial charge is 0.492 e. The molecule has 0 radical (unpaired) electrons. The monoisotopic (exact) mass is 375 g/mol. The Hall–Kier alpha value is -2.73. The van der Waals surface area contributed by atoms with E-state index in [1.54, 1.807) is 31.3 Å². The van der Waals surface area contributed by atoms with Crippen LogP contribution in [0.4, 0.5) is 11.4 Å². The Morgan fingerprint density at radius 1 is 1.08 bits per heavy atom. The van der Waals surface area contributed by atoms with Gasteiger partial charge in [0.1, 0.15) is 5.75 Å². The van der Waals surface area contributed by atoms with E-state index >= 15 is 0 Å². The summed E-state index contributed by atoms with van der Waals surface area (Å²) in [6.07, 6.45) is 0. The Morgan fingerprint density at radius 3 is 2.42 bits per heavy atom. The Bertz CT molecular complexity index is 767. The summed E-state index contributed by atoms with van der Waals surface area (Å²) in [7, 11) is 1.57. The number of anilines is 2. The highest BCUT2D eigenvalue weighted by Crippen LogP contribution is 2.23. The van der Waals surface area contributed by atoms with E-state index in [9.17, 15) is 9.59 Å². The molecule has 2 amide bonds. The zero-order valence-corrected chi connectivity index (χ0v) is 15.5. The van der Waals surface area contributed by atoms with Crippen molar-refractivity contribution in [2.45, 2.75) is 6.92 Å². The number of ether oxygens (including phenoxy) is 1. The van der Waals surface area contributed by atoms with Crippen LogP contribution in [0.25, 0.3) is 0 Å². The Labute approximate surface area is 158 Å². The fraction of sp³-hybridized carbons (Fsp3) is 0.263. The minimum atomic E-state index is -0.316. The minimum Gasteiger partial charge on any atom is -0.492 e. The van der Waals surface area contributed by atoms with Gasteiger partial charge in [-0.15, -0.1) is 0 Å². The molecule has 0 aromatic heterocycles. The van der Waals surface area contributed by atoms with Crippen LogP contribution in [-0.2, 0) is 9.59 Å². The van der Waals surface area contributed by atoms with Crippen molar-refractivity contribution in [1.29, 1.82) is 0 Å². The zero-order valence-electron chi connectivity index (χ0n) is 14.8. The molecule has 0 fully saturated rings. The lowest BCUT2D eigenvalue weighted by Gasteiger charge is -2.18. The van der Waals surface area contributed by atoms with Gasteiger partial charge in [0.2, 0.25) is 11.8 Å². The van der Waals surface area contributed by atoms with Gasteiger partial charge in [-0.25, -0.2) is 0 Å². The van der Waals surface area contributed by atoms with Crippen molar-refractivity contribution < 1.29 is 14.3 Å². The molecule has 0 unspecified atom stereocenters. The van der Waals surface area contributed by atoms with Crippen LogP contribution in [0.2, 0.25) is 5.02 Å². The molecule has 6 nitrogen and oxygen atoms in total. The standard InChI is InChI=1S/C19H22ClN3O3/c1-3-26-17-11-7-6-10-16(17)21-12-19(25)23(2)13-18(24)22-15-9-5-4-8-14(15)20/h4-11,21H,3,12-13H2,1-2H3,(H,22,24). The Morgan fingerprint density at radius 2 is 1.73 bits per heavy atom. The summed E-state index contributed by atoms with van der Waals surface area (Å²) < 4.78 is 5.51. The normalized spacial score (nSPS) is 10.1. The number of halogens is 1. The first-order valence-electron chi connectivity index (χ1n) is 8.25. The van der Waals surface area contributed by atoms with Crippen molar-refractivity contribution in [3.8, 4) is 5.75 Å². The second-order valence-electron chi connectivity index (χ2n) is 5.56. The molecule has 0 aliphatic rings. The maximum absolute atomic E-state index is 12.3. The maximum atomic E-state index is 12.3. The van der Waals surface area contributed by atoms with Gasteiger partial charge in [-0.3, -0.25) is 9.59 Å². The number of likely N-dealkylation sites (N-methyl/N-ethyl adjacent to an activating group) is 1. The molecule has 0 bridgehead atoms. The first-order chi connectivity index (χ1) is 12.5. The van der Waals surface area contributed by atoms with Gasteiger partial charge in [0.25, 0.3) is 0 Å². The van der Waals surface area contributed by atoms with Gasteiger partial charge in [0.15, 0.2) is 0 Å². The fourth-order valence-electron chi connectivity index (χ4n) is 2.26. The molecule has 2 aromatic carbocycles. The van der Waals surface area contributed by atoms with E-state index in [1.165, 1.54) is 4.90 Å². The molecule has 0 atom stereocenters. The van der Waals surface area contributed by atoms with Crippen LogP contribution in [-0.4, -0.2) is 43.5 Å². The molecule has 26 heavy (non-hydrogen) atoms. The average Bonchev–Trinajstić information content (AvgIpc) is 2.62. The van der Waals surface area contributed by atoms with Gasteiger partial charge in [-0.2, -0.15) is 0 Å². The average molecular weight is 376 g/mol. The van der Waals surface area contributed by atoms with Crippen molar-refractivity contribution in [3.63, 3.8) is 0 Å². The highest BCUT2D eigenvalue weighted by molar-refractivity contribution is 6.33. The number of carbonyl (C=O) groups excluding carboxylic acids is 2. The number of nitrogens with one attached hydrogen (secondary N) is 2. The van der Waals surface area contributed by atoms with Crippen LogP contribution >= 0.6 is 11.6 Å². The number of amides is 2. The number of hydrogen-bond acceptors (Lipinski definition) is 4. The molecule has 7 heteroatoms. The molecular weight excluding hydrogens is 354 g/mol. The lowest BCUT2D eigenvalue weighted by Crippen LogP contribution is -2.38. The predicted molar refractivity (Wildman–Crippen MR) is 104 cm³/mol. The van der Waals surface area contributed by atoms with Gasteiger partial charge in [0, 0.05) is 7.05 Å². The second-order valence-corrected chi connectivity index (χ2v) is 5.97. The molecule has 0 aliphatic heterocycles. The number of nitrogens with zero attached hydrogens (tertiary/aromatic N) is 1. The minimum absolute atomic E-state index is 0.0555. The molecule has 138 valence electrons. The Kier molecular flexibility index (Phi) is 7.29. The number of carbonyl (C=O) groups is 2. The smallest absolute Gasteiger partial charge is 0.244 e. The van der Waals surface area contributed by atoms with E-state index in [0.717, 1.165) is 5.69 Å². The molecule has 0 saturated carbocycles. The highest BCUT2D eigenvalue weighted by atomic mass is 35.5.